The Morgan fingerprint density at radius 1 is 0.700 bits per heavy atom. The van der Waals surface area contributed by atoms with Gasteiger partial charge in [-0.1, -0.05) is 82.3 Å². The maximum Gasteiger partial charge on any atom is 0.188 e. The highest BCUT2D eigenvalue weighted by atomic mass is 16.7. The van der Waals surface area contributed by atoms with Crippen LogP contribution in [0.5, 0.6) is 5.75 Å². The Bertz CT molecular complexity index is 1030. The summed E-state index contributed by atoms with van der Waals surface area (Å²) in [5.41, 5.74) is 8.10. The molecular formula is C28H32O2. The Morgan fingerprint density at radius 2 is 1.33 bits per heavy atom. The van der Waals surface area contributed by atoms with Crippen molar-refractivity contribution in [3.8, 4) is 28.0 Å². The normalized spacial score (nSPS) is 16.7. The maximum atomic E-state index is 5.86. The molecule has 2 heteroatoms. The van der Waals surface area contributed by atoms with E-state index in [2.05, 4.69) is 88.4 Å². The van der Waals surface area contributed by atoms with E-state index in [1.165, 1.54) is 35.1 Å². The molecule has 0 saturated carbocycles. The lowest BCUT2D eigenvalue weighted by Gasteiger charge is -2.42. The molecule has 2 nitrogen and oxygen atoms in total. The van der Waals surface area contributed by atoms with Crippen molar-refractivity contribution < 1.29 is 9.47 Å². The van der Waals surface area contributed by atoms with E-state index in [-0.39, 0.29) is 17.6 Å². The second-order valence-corrected chi connectivity index (χ2v) is 9.66. The summed E-state index contributed by atoms with van der Waals surface area (Å²) in [7, 11) is 1.65. The number of rotatable bonds is 5. The Morgan fingerprint density at radius 3 is 2.03 bits per heavy atom. The van der Waals surface area contributed by atoms with Crippen molar-refractivity contribution in [2.75, 3.05) is 13.9 Å². The molecule has 0 aliphatic heterocycles. The van der Waals surface area contributed by atoms with E-state index in [9.17, 15) is 0 Å². The first kappa shape index (κ1) is 20.7. The third-order valence-corrected chi connectivity index (χ3v) is 6.58. The molecule has 1 aliphatic carbocycles. The first-order chi connectivity index (χ1) is 14.3. The SMILES string of the molecule is COCOc1ccc(-c2ccc3c(c2)C(C)(C)CCC3(C)C)cc1-c1ccccc1. The monoisotopic (exact) mass is 400 g/mol. The summed E-state index contributed by atoms with van der Waals surface area (Å²) >= 11 is 0. The zero-order chi connectivity index (χ0) is 21.4. The van der Waals surface area contributed by atoms with Gasteiger partial charge in [0.15, 0.2) is 6.79 Å². The third kappa shape index (κ3) is 3.89. The molecule has 0 heterocycles. The Kier molecular flexibility index (Phi) is 5.46. The third-order valence-electron chi connectivity index (χ3n) is 6.58. The Hall–Kier alpha value is -2.58. The fourth-order valence-electron chi connectivity index (χ4n) is 4.57. The summed E-state index contributed by atoms with van der Waals surface area (Å²) in [4.78, 5) is 0. The molecule has 4 rings (SSSR count). The van der Waals surface area contributed by atoms with Crippen LogP contribution in [0.15, 0.2) is 66.7 Å². The van der Waals surface area contributed by atoms with Crippen LogP contribution in [0.1, 0.15) is 51.7 Å². The highest BCUT2D eigenvalue weighted by Gasteiger charge is 2.36. The summed E-state index contributed by atoms with van der Waals surface area (Å²) < 4.78 is 11.0. The lowest BCUT2D eigenvalue weighted by molar-refractivity contribution is 0.0515. The number of benzene rings is 3. The van der Waals surface area contributed by atoms with Crippen molar-refractivity contribution in [3.05, 3.63) is 77.9 Å². The number of ether oxygens (including phenoxy) is 2. The highest BCUT2D eigenvalue weighted by Crippen LogP contribution is 2.47. The quantitative estimate of drug-likeness (QED) is 0.417. The molecule has 0 N–H and O–H groups in total. The van der Waals surface area contributed by atoms with E-state index in [0.29, 0.717) is 0 Å². The lowest BCUT2D eigenvalue weighted by atomic mass is 9.63. The summed E-state index contributed by atoms with van der Waals surface area (Å²) in [6.45, 7) is 9.73. The molecular weight excluding hydrogens is 368 g/mol. The van der Waals surface area contributed by atoms with Gasteiger partial charge in [0.05, 0.1) is 0 Å². The minimum atomic E-state index is 0.199. The van der Waals surface area contributed by atoms with Crippen molar-refractivity contribution in [2.24, 2.45) is 0 Å². The average Bonchev–Trinajstić information content (AvgIpc) is 2.76. The van der Waals surface area contributed by atoms with Crippen LogP contribution in [-0.2, 0) is 15.6 Å². The van der Waals surface area contributed by atoms with Crippen LogP contribution >= 0.6 is 0 Å². The van der Waals surface area contributed by atoms with Gasteiger partial charge in [-0.25, -0.2) is 0 Å². The molecule has 3 aromatic rings. The average molecular weight is 401 g/mol. The van der Waals surface area contributed by atoms with Crippen LogP contribution in [-0.4, -0.2) is 13.9 Å². The largest absolute Gasteiger partial charge is 0.467 e. The van der Waals surface area contributed by atoms with E-state index in [1.54, 1.807) is 7.11 Å². The molecule has 3 aromatic carbocycles. The van der Waals surface area contributed by atoms with E-state index in [4.69, 9.17) is 9.47 Å². The van der Waals surface area contributed by atoms with Gasteiger partial charge in [-0.3, -0.25) is 0 Å². The molecule has 1 aliphatic rings. The van der Waals surface area contributed by atoms with Crippen molar-refractivity contribution in [1.29, 1.82) is 0 Å². The van der Waals surface area contributed by atoms with Gasteiger partial charge in [0.1, 0.15) is 5.75 Å². The number of methoxy groups -OCH3 is 1. The summed E-state index contributed by atoms with van der Waals surface area (Å²) in [5, 5.41) is 0. The molecule has 0 fully saturated rings. The van der Waals surface area contributed by atoms with Crippen LogP contribution in [0.3, 0.4) is 0 Å². The van der Waals surface area contributed by atoms with Gasteiger partial charge in [-0.15, -0.1) is 0 Å². The first-order valence-electron chi connectivity index (χ1n) is 10.8. The van der Waals surface area contributed by atoms with E-state index in [1.807, 2.05) is 6.07 Å². The second-order valence-electron chi connectivity index (χ2n) is 9.66. The number of hydrogen-bond acceptors (Lipinski definition) is 2. The second kappa shape index (κ2) is 7.92. The molecule has 0 bridgehead atoms. The molecule has 0 amide bonds. The molecule has 156 valence electrons. The number of fused-ring (bicyclic) bond motifs is 1. The van der Waals surface area contributed by atoms with Gasteiger partial charge in [0.2, 0.25) is 0 Å². The Balaban J connectivity index is 1.82. The van der Waals surface area contributed by atoms with Crippen LogP contribution in [0.2, 0.25) is 0 Å². The van der Waals surface area contributed by atoms with Crippen LogP contribution in [0.25, 0.3) is 22.3 Å². The van der Waals surface area contributed by atoms with Crippen LogP contribution in [0.4, 0.5) is 0 Å². The molecule has 0 atom stereocenters. The van der Waals surface area contributed by atoms with Gasteiger partial charge < -0.3 is 9.47 Å². The Labute approximate surface area is 180 Å². The highest BCUT2D eigenvalue weighted by molar-refractivity contribution is 5.78. The molecule has 0 spiro atoms. The smallest absolute Gasteiger partial charge is 0.188 e. The van der Waals surface area contributed by atoms with E-state index < -0.39 is 0 Å². The maximum absolute atomic E-state index is 5.86. The van der Waals surface area contributed by atoms with Gasteiger partial charge in [0, 0.05) is 12.7 Å². The van der Waals surface area contributed by atoms with Crippen LogP contribution in [0, 0.1) is 0 Å². The molecule has 0 saturated heterocycles. The van der Waals surface area contributed by atoms with E-state index in [0.717, 1.165) is 16.9 Å². The predicted molar refractivity (Wildman–Crippen MR) is 125 cm³/mol. The summed E-state index contributed by atoms with van der Waals surface area (Å²) in [6, 6.07) is 23.9. The van der Waals surface area contributed by atoms with Crippen molar-refractivity contribution in [1.82, 2.24) is 0 Å². The van der Waals surface area contributed by atoms with Gasteiger partial charge in [0.25, 0.3) is 0 Å². The summed E-state index contributed by atoms with van der Waals surface area (Å²) in [6.07, 6.45) is 2.45. The molecule has 0 aromatic heterocycles. The van der Waals surface area contributed by atoms with Crippen molar-refractivity contribution >= 4 is 0 Å². The standard InChI is InChI=1S/C28H32O2/c1-27(2)15-16-28(3,4)25-18-22(11-13-24(25)27)21-12-14-26(30-19-29-5)23(17-21)20-9-7-6-8-10-20/h6-14,17-18H,15-16,19H2,1-5H3. The first-order valence-corrected chi connectivity index (χ1v) is 10.8. The fourth-order valence-corrected chi connectivity index (χ4v) is 4.57. The fraction of sp³-hybridized carbons (Fsp3) is 0.357. The zero-order valence-electron chi connectivity index (χ0n) is 18.8. The molecule has 30 heavy (non-hydrogen) atoms. The van der Waals surface area contributed by atoms with Crippen molar-refractivity contribution in [2.45, 2.75) is 51.4 Å². The minimum Gasteiger partial charge on any atom is -0.467 e. The van der Waals surface area contributed by atoms with E-state index >= 15 is 0 Å². The molecule has 0 unspecified atom stereocenters. The molecule has 0 radical (unpaired) electrons. The van der Waals surface area contributed by atoms with Gasteiger partial charge >= 0.3 is 0 Å². The van der Waals surface area contributed by atoms with Crippen LogP contribution < -0.4 is 4.74 Å². The van der Waals surface area contributed by atoms with Crippen molar-refractivity contribution in [3.63, 3.8) is 0 Å². The summed E-state index contributed by atoms with van der Waals surface area (Å²) in [5.74, 6) is 0.839. The topological polar surface area (TPSA) is 18.5 Å². The van der Waals surface area contributed by atoms with Gasteiger partial charge in [-0.2, -0.15) is 0 Å². The van der Waals surface area contributed by atoms with Gasteiger partial charge in [-0.05, 0) is 63.6 Å². The number of hydrogen-bond donors (Lipinski definition) is 0. The predicted octanol–water partition coefficient (Wildman–Crippen LogP) is 7.35. The zero-order valence-corrected chi connectivity index (χ0v) is 18.8. The minimum absolute atomic E-state index is 0.199. The lowest BCUT2D eigenvalue weighted by Crippen LogP contribution is -2.33.